The Morgan fingerprint density at radius 1 is 0.450 bits per heavy atom. The minimum absolute atomic E-state index is 0.251. The van der Waals surface area contributed by atoms with E-state index < -0.39 is 0 Å². The molecule has 13 heteroatoms. The molecule has 0 aliphatic rings. The molecule has 0 saturated heterocycles. The largest absolute Gasteiger partial charge is 0.499 e. The molecule has 0 saturated carbocycles. The van der Waals surface area contributed by atoms with Crippen LogP contribution in [0.15, 0.2) is 12.8 Å². The molecule has 13 nitrogen and oxygen atoms in total. The second-order valence-electron chi connectivity index (χ2n) is 7.72. The summed E-state index contributed by atoms with van der Waals surface area (Å²) in [5, 5.41) is 0. The van der Waals surface area contributed by atoms with Crippen LogP contribution in [0.2, 0.25) is 0 Å². The Labute approximate surface area is 239 Å². The van der Waals surface area contributed by atoms with Gasteiger partial charge in [-0.1, -0.05) is 6.58 Å². The number of esters is 1. The van der Waals surface area contributed by atoms with E-state index in [-0.39, 0.29) is 12.4 Å². The highest BCUT2D eigenvalue weighted by Crippen LogP contribution is 1.89. The Bertz CT molecular complexity index is 511. The fourth-order valence-electron chi connectivity index (χ4n) is 2.66. The minimum atomic E-state index is -0.251. The monoisotopic (exact) mass is 584 g/mol. The number of carbonyl (C=O) groups is 1. The van der Waals surface area contributed by atoms with Gasteiger partial charge in [0.2, 0.25) is 0 Å². The Balaban J connectivity index is 3.05. The Morgan fingerprint density at radius 2 is 0.700 bits per heavy atom. The van der Waals surface area contributed by atoms with E-state index in [1.807, 2.05) is 0 Å². The molecule has 238 valence electrons. The quantitative estimate of drug-likeness (QED) is 0.0603. The average Bonchev–Trinajstić information content (AvgIpc) is 2.95. The van der Waals surface area contributed by atoms with Crippen molar-refractivity contribution in [2.24, 2.45) is 0 Å². The van der Waals surface area contributed by atoms with E-state index in [1.54, 1.807) is 6.92 Å². The second kappa shape index (κ2) is 35.6. The summed E-state index contributed by atoms with van der Waals surface area (Å²) >= 11 is 0. The third kappa shape index (κ3) is 34.6. The van der Waals surface area contributed by atoms with E-state index in [2.05, 4.69) is 6.58 Å². The predicted octanol–water partition coefficient (Wildman–Crippen LogP) is 1.27. The topological polar surface area (TPSA) is 128 Å². The van der Waals surface area contributed by atoms with Crippen molar-refractivity contribution in [3.05, 3.63) is 12.8 Å². The van der Waals surface area contributed by atoms with Gasteiger partial charge in [-0.2, -0.15) is 0 Å². The molecule has 0 atom stereocenters. The van der Waals surface area contributed by atoms with Crippen molar-refractivity contribution in [3.8, 4) is 0 Å². The standard InChI is InChI=1S/C27H52O13/c1-3-29-7-8-31-11-12-33-15-16-35-19-20-37-23-24-39-26-25-38-22-21-36-18-17-34-14-13-32-10-9-30-6-5-27(28)40-4-2/h3H,1,4-26H2,2H3. The minimum Gasteiger partial charge on any atom is -0.499 e. The molecule has 0 bridgehead atoms. The van der Waals surface area contributed by atoms with Crippen molar-refractivity contribution in [2.45, 2.75) is 13.3 Å². The molecular weight excluding hydrogens is 532 g/mol. The van der Waals surface area contributed by atoms with Crippen molar-refractivity contribution >= 4 is 5.97 Å². The van der Waals surface area contributed by atoms with Gasteiger partial charge in [-0.15, -0.1) is 0 Å². The highest BCUT2D eigenvalue weighted by molar-refractivity contribution is 5.69. The molecule has 0 fully saturated rings. The summed E-state index contributed by atoms with van der Waals surface area (Å²) in [5.74, 6) is -0.251. The Morgan fingerprint density at radius 3 is 0.950 bits per heavy atom. The zero-order valence-electron chi connectivity index (χ0n) is 24.4. The van der Waals surface area contributed by atoms with Crippen LogP contribution in [-0.2, 0) is 61.6 Å². The van der Waals surface area contributed by atoms with Crippen LogP contribution in [0.1, 0.15) is 13.3 Å². The third-order valence-corrected chi connectivity index (χ3v) is 4.57. The first kappa shape index (κ1) is 38.6. The molecule has 0 aliphatic carbocycles. The van der Waals surface area contributed by atoms with E-state index in [1.165, 1.54) is 6.26 Å². The van der Waals surface area contributed by atoms with E-state index in [9.17, 15) is 4.79 Å². The van der Waals surface area contributed by atoms with Crippen molar-refractivity contribution in [2.75, 3.05) is 145 Å². The first-order valence-electron chi connectivity index (χ1n) is 14.0. The third-order valence-electron chi connectivity index (χ3n) is 4.57. The van der Waals surface area contributed by atoms with Crippen LogP contribution < -0.4 is 0 Å². The number of hydrogen-bond acceptors (Lipinski definition) is 13. The molecule has 0 aromatic rings. The summed E-state index contributed by atoms with van der Waals surface area (Å²) < 4.78 is 63.7. The van der Waals surface area contributed by atoms with Gasteiger partial charge in [-0.3, -0.25) is 4.79 Å². The fourth-order valence-corrected chi connectivity index (χ4v) is 2.66. The number of hydrogen-bond donors (Lipinski definition) is 0. The first-order chi connectivity index (χ1) is 19.8. The smallest absolute Gasteiger partial charge is 0.308 e. The molecule has 0 radical (unpaired) electrons. The van der Waals surface area contributed by atoms with Gasteiger partial charge in [-0.25, -0.2) is 0 Å². The Kier molecular flexibility index (Phi) is 34.4. The summed E-state index contributed by atoms with van der Waals surface area (Å²) in [4.78, 5) is 11.1. The predicted molar refractivity (Wildman–Crippen MR) is 146 cm³/mol. The summed E-state index contributed by atoms with van der Waals surface area (Å²) in [6.07, 6.45) is 1.65. The molecule has 0 aromatic carbocycles. The lowest BCUT2D eigenvalue weighted by molar-refractivity contribution is -0.144. The van der Waals surface area contributed by atoms with Gasteiger partial charge in [-0.05, 0) is 6.92 Å². The van der Waals surface area contributed by atoms with Crippen LogP contribution in [0.4, 0.5) is 0 Å². The van der Waals surface area contributed by atoms with Crippen LogP contribution in [0.25, 0.3) is 0 Å². The van der Waals surface area contributed by atoms with Gasteiger partial charge in [0.05, 0.1) is 151 Å². The van der Waals surface area contributed by atoms with Gasteiger partial charge < -0.3 is 56.8 Å². The maximum Gasteiger partial charge on any atom is 0.308 e. The molecule has 0 amide bonds. The van der Waals surface area contributed by atoms with E-state index in [4.69, 9.17) is 56.8 Å². The molecular formula is C27H52O13. The summed E-state index contributed by atoms with van der Waals surface area (Å²) in [6, 6.07) is 0. The molecule has 0 rings (SSSR count). The van der Waals surface area contributed by atoms with Crippen molar-refractivity contribution < 1.29 is 61.6 Å². The van der Waals surface area contributed by atoms with Gasteiger partial charge in [0.15, 0.2) is 0 Å². The zero-order chi connectivity index (χ0) is 29.0. The molecule has 0 heterocycles. The van der Waals surface area contributed by atoms with Crippen LogP contribution in [0, 0.1) is 0 Å². The highest BCUT2D eigenvalue weighted by atomic mass is 16.6. The molecule has 0 unspecified atom stereocenters. The average molecular weight is 585 g/mol. The van der Waals surface area contributed by atoms with Crippen LogP contribution >= 0.6 is 0 Å². The van der Waals surface area contributed by atoms with E-state index >= 15 is 0 Å². The maximum absolute atomic E-state index is 11.1. The highest BCUT2D eigenvalue weighted by Gasteiger charge is 2.01. The SMILES string of the molecule is C=COCCOCCOCCOCCOCCOCCOCCOCCOCCOCCOCCC(=O)OCC. The van der Waals surface area contributed by atoms with E-state index in [0.717, 1.165) is 0 Å². The van der Waals surface area contributed by atoms with Crippen LogP contribution in [0.5, 0.6) is 0 Å². The molecule has 40 heavy (non-hydrogen) atoms. The van der Waals surface area contributed by atoms with Gasteiger partial charge in [0.25, 0.3) is 0 Å². The molecule has 0 aliphatic heterocycles. The number of rotatable bonds is 35. The van der Waals surface area contributed by atoms with E-state index in [0.29, 0.717) is 145 Å². The van der Waals surface area contributed by atoms with Crippen molar-refractivity contribution in [3.63, 3.8) is 0 Å². The van der Waals surface area contributed by atoms with Gasteiger partial charge >= 0.3 is 5.97 Å². The molecule has 0 spiro atoms. The normalized spacial score (nSPS) is 11.1. The summed E-state index contributed by atoms with van der Waals surface area (Å²) in [6.45, 7) is 15.9. The summed E-state index contributed by atoms with van der Waals surface area (Å²) in [7, 11) is 0. The molecule has 0 aromatic heterocycles. The first-order valence-corrected chi connectivity index (χ1v) is 14.0. The Hall–Kier alpha value is -1.39. The van der Waals surface area contributed by atoms with Crippen LogP contribution in [-0.4, -0.2) is 151 Å². The zero-order valence-corrected chi connectivity index (χ0v) is 24.4. The molecule has 0 N–H and O–H groups in total. The number of ether oxygens (including phenoxy) is 12. The van der Waals surface area contributed by atoms with Crippen molar-refractivity contribution in [1.82, 2.24) is 0 Å². The fraction of sp³-hybridized carbons (Fsp3) is 0.889. The van der Waals surface area contributed by atoms with Gasteiger partial charge in [0.1, 0.15) is 6.61 Å². The van der Waals surface area contributed by atoms with Crippen molar-refractivity contribution in [1.29, 1.82) is 0 Å². The lowest BCUT2D eigenvalue weighted by atomic mass is 10.5. The summed E-state index contributed by atoms with van der Waals surface area (Å²) in [5.41, 5.74) is 0. The van der Waals surface area contributed by atoms with Gasteiger partial charge in [0, 0.05) is 0 Å². The lowest BCUT2D eigenvalue weighted by Gasteiger charge is -2.09. The lowest BCUT2D eigenvalue weighted by Crippen LogP contribution is -2.15. The second-order valence-corrected chi connectivity index (χ2v) is 7.72. The maximum atomic E-state index is 11.1. The number of carbonyl (C=O) groups excluding carboxylic acids is 1. The van der Waals surface area contributed by atoms with Crippen LogP contribution in [0.3, 0.4) is 0 Å².